The maximum Gasteiger partial charge on any atom is 0.343 e. The number of esters is 1. The van der Waals surface area contributed by atoms with Crippen LogP contribution in [-0.2, 0) is 4.79 Å². The third-order valence-electron chi connectivity index (χ3n) is 5.45. The number of benzene rings is 3. The van der Waals surface area contributed by atoms with E-state index >= 15 is 0 Å². The molecule has 38 heavy (non-hydrogen) atoms. The van der Waals surface area contributed by atoms with Crippen molar-refractivity contribution < 1.29 is 38.0 Å². The standard InChI is InChI=1S/C28H30N2O8/c1-17-8-7-9-18(2)26(17)37-16-25(31)30-29-15-19-10-11-21(22(12-19)33-3)38-28(32)20-13-23(34-4)27(36-6)24(14-20)35-5/h7-15H,16H2,1-6H3,(H,30,31)/b29-15+. The Labute approximate surface area is 221 Å². The molecule has 0 aromatic heterocycles. The lowest BCUT2D eigenvalue weighted by molar-refractivity contribution is -0.123. The average Bonchev–Trinajstić information content (AvgIpc) is 2.92. The number of nitrogens with zero attached hydrogens (tertiary/aromatic N) is 1. The highest BCUT2D eigenvalue weighted by atomic mass is 16.6. The van der Waals surface area contributed by atoms with Crippen LogP contribution in [0.4, 0.5) is 0 Å². The van der Waals surface area contributed by atoms with Gasteiger partial charge in [0, 0.05) is 0 Å². The van der Waals surface area contributed by atoms with E-state index in [-0.39, 0.29) is 17.9 Å². The number of amides is 1. The van der Waals surface area contributed by atoms with Gasteiger partial charge in [0.1, 0.15) is 5.75 Å². The molecule has 0 radical (unpaired) electrons. The Balaban J connectivity index is 1.65. The molecule has 0 aliphatic carbocycles. The summed E-state index contributed by atoms with van der Waals surface area (Å²) < 4.78 is 32.4. The second-order valence-corrected chi connectivity index (χ2v) is 8.02. The van der Waals surface area contributed by atoms with E-state index in [9.17, 15) is 9.59 Å². The Morgan fingerprint density at radius 1 is 0.789 bits per heavy atom. The normalized spacial score (nSPS) is 10.6. The lowest BCUT2D eigenvalue weighted by Crippen LogP contribution is -2.25. The van der Waals surface area contributed by atoms with Crippen LogP contribution in [0.5, 0.6) is 34.5 Å². The van der Waals surface area contributed by atoms with Gasteiger partial charge in [0.2, 0.25) is 5.75 Å². The summed E-state index contributed by atoms with van der Waals surface area (Å²) >= 11 is 0. The number of nitrogens with one attached hydrogen (secondary N) is 1. The summed E-state index contributed by atoms with van der Waals surface area (Å²) in [6.45, 7) is 3.65. The van der Waals surface area contributed by atoms with Gasteiger partial charge in [0.15, 0.2) is 29.6 Å². The Hall–Kier alpha value is -4.73. The number of methoxy groups -OCH3 is 4. The molecule has 0 spiro atoms. The minimum Gasteiger partial charge on any atom is -0.493 e. The zero-order valence-electron chi connectivity index (χ0n) is 22.1. The van der Waals surface area contributed by atoms with Gasteiger partial charge in [-0.3, -0.25) is 4.79 Å². The van der Waals surface area contributed by atoms with Crippen molar-refractivity contribution in [3.8, 4) is 34.5 Å². The number of aryl methyl sites for hydroxylation is 2. The highest BCUT2D eigenvalue weighted by Crippen LogP contribution is 2.38. The summed E-state index contributed by atoms with van der Waals surface area (Å²) in [7, 11) is 5.83. The zero-order chi connectivity index (χ0) is 27.7. The summed E-state index contributed by atoms with van der Waals surface area (Å²) in [6.07, 6.45) is 1.43. The molecule has 3 aromatic rings. The fourth-order valence-corrected chi connectivity index (χ4v) is 3.58. The first-order valence-electron chi connectivity index (χ1n) is 11.5. The van der Waals surface area contributed by atoms with Crippen LogP contribution in [0.15, 0.2) is 53.6 Å². The van der Waals surface area contributed by atoms with E-state index in [4.69, 9.17) is 28.4 Å². The maximum atomic E-state index is 12.8. The van der Waals surface area contributed by atoms with E-state index in [1.165, 1.54) is 46.8 Å². The van der Waals surface area contributed by atoms with Gasteiger partial charge in [-0.15, -0.1) is 0 Å². The molecular weight excluding hydrogens is 492 g/mol. The molecule has 10 heteroatoms. The Bertz CT molecular complexity index is 1290. The van der Waals surface area contributed by atoms with Crippen molar-refractivity contribution in [3.63, 3.8) is 0 Å². The van der Waals surface area contributed by atoms with E-state index in [1.54, 1.807) is 18.2 Å². The van der Waals surface area contributed by atoms with Crippen molar-refractivity contribution >= 4 is 18.1 Å². The lowest BCUT2D eigenvalue weighted by atomic mass is 10.1. The van der Waals surface area contributed by atoms with Gasteiger partial charge in [-0.1, -0.05) is 18.2 Å². The first-order chi connectivity index (χ1) is 18.3. The van der Waals surface area contributed by atoms with Crippen molar-refractivity contribution in [3.05, 3.63) is 70.8 Å². The van der Waals surface area contributed by atoms with E-state index in [1.807, 2.05) is 32.0 Å². The van der Waals surface area contributed by atoms with Gasteiger partial charge in [-0.2, -0.15) is 5.10 Å². The van der Waals surface area contributed by atoms with Crippen molar-refractivity contribution in [2.75, 3.05) is 35.0 Å². The van der Waals surface area contributed by atoms with Gasteiger partial charge in [0.05, 0.1) is 40.2 Å². The van der Waals surface area contributed by atoms with Crippen molar-refractivity contribution in [2.24, 2.45) is 5.10 Å². The van der Waals surface area contributed by atoms with E-state index < -0.39 is 11.9 Å². The SMILES string of the molecule is COc1cc(/C=N/NC(=O)COc2c(C)cccc2C)ccc1OC(=O)c1cc(OC)c(OC)c(OC)c1. The van der Waals surface area contributed by atoms with Gasteiger partial charge in [-0.05, 0) is 60.9 Å². The molecule has 0 saturated heterocycles. The molecule has 0 aliphatic heterocycles. The number of ether oxygens (including phenoxy) is 6. The van der Waals surface area contributed by atoms with Gasteiger partial charge in [-0.25, -0.2) is 10.2 Å². The molecule has 0 atom stereocenters. The highest BCUT2D eigenvalue weighted by Gasteiger charge is 2.19. The largest absolute Gasteiger partial charge is 0.493 e. The minimum absolute atomic E-state index is 0.178. The van der Waals surface area contributed by atoms with Crippen molar-refractivity contribution in [1.82, 2.24) is 5.43 Å². The van der Waals surface area contributed by atoms with Gasteiger partial charge in [0.25, 0.3) is 5.91 Å². The summed E-state index contributed by atoms with van der Waals surface area (Å²) in [5, 5.41) is 3.96. The van der Waals surface area contributed by atoms with Crippen LogP contribution in [0.1, 0.15) is 27.0 Å². The number of carbonyl (C=O) groups is 2. The van der Waals surface area contributed by atoms with Crippen LogP contribution in [0.3, 0.4) is 0 Å². The van der Waals surface area contributed by atoms with Crippen LogP contribution < -0.4 is 33.8 Å². The number of rotatable bonds is 11. The first kappa shape index (κ1) is 27.9. The van der Waals surface area contributed by atoms with Crippen LogP contribution in [0.25, 0.3) is 0 Å². The molecule has 1 N–H and O–H groups in total. The number of para-hydroxylation sites is 1. The quantitative estimate of drug-likeness (QED) is 0.173. The van der Waals surface area contributed by atoms with E-state index in [0.29, 0.717) is 34.3 Å². The molecule has 0 bridgehead atoms. The Morgan fingerprint density at radius 3 is 2.00 bits per heavy atom. The number of hydrogen-bond donors (Lipinski definition) is 1. The zero-order valence-corrected chi connectivity index (χ0v) is 22.1. The number of hydrazone groups is 1. The third kappa shape index (κ3) is 6.73. The first-order valence-corrected chi connectivity index (χ1v) is 11.5. The molecule has 3 aromatic carbocycles. The second-order valence-electron chi connectivity index (χ2n) is 8.02. The minimum atomic E-state index is -0.653. The molecule has 3 rings (SSSR count). The van der Waals surface area contributed by atoms with Crippen LogP contribution in [0, 0.1) is 13.8 Å². The van der Waals surface area contributed by atoms with Gasteiger partial charge >= 0.3 is 5.97 Å². The summed E-state index contributed by atoms with van der Waals surface area (Å²) in [4.78, 5) is 25.0. The molecule has 0 aliphatic rings. The maximum absolute atomic E-state index is 12.8. The number of hydrogen-bond acceptors (Lipinski definition) is 9. The highest BCUT2D eigenvalue weighted by molar-refractivity contribution is 5.93. The van der Waals surface area contributed by atoms with E-state index in [2.05, 4.69) is 10.5 Å². The smallest absolute Gasteiger partial charge is 0.343 e. The monoisotopic (exact) mass is 522 g/mol. The predicted octanol–water partition coefficient (Wildman–Crippen LogP) is 4.09. The second kappa shape index (κ2) is 13.0. The lowest BCUT2D eigenvalue weighted by Gasteiger charge is -2.14. The Morgan fingerprint density at radius 2 is 1.42 bits per heavy atom. The van der Waals surface area contributed by atoms with Gasteiger partial charge < -0.3 is 28.4 Å². The number of carbonyl (C=O) groups excluding carboxylic acids is 2. The molecular formula is C28H30N2O8. The average molecular weight is 523 g/mol. The molecule has 0 saturated carbocycles. The fourth-order valence-electron chi connectivity index (χ4n) is 3.58. The van der Waals surface area contributed by atoms with Crippen LogP contribution in [-0.4, -0.2) is 53.1 Å². The Kier molecular flexibility index (Phi) is 9.53. The van der Waals surface area contributed by atoms with Crippen molar-refractivity contribution in [1.29, 1.82) is 0 Å². The predicted molar refractivity (Wildman–Crippen MR) is 141 cm³/mol. The third-order valence-corrected chi connectivity index (χ3v) is 5.45. The van der Waals surface area contributed by atoms with Crippen LogP contribution >= 0.6 is 0 Å². The molecule has 10 nitrogen and oxygen atoms in total. The summed E-state index contributed by atoms with van der Waals surface area (Å²) in [5.41, 5.74) is 5.11. The molecule has 200 valence electrons. The summed E-state index contributed by atoms with van der Waals surface area (Å²) in [5.74, 6) is 1.09. The fraction of sp³-hybridized carbons (Fsp3) is 0.250. The topological polar surface area (TPSA) is 114 Å². The molecule has 0 heterocycles. The molecule has 1 amide bonds. The van der Waals surface area contributed by atoms with Crippen LogP contribution in [0.2, 0.25) is 0 Å². The van der Waals surface area contributed by atoms with E-state index in [0.717, 1.165) is 11.1 Å². The summed E-state index contributed by atoms with van der Waals surface area (Å²) in [6, 6.07) is 13.6. The van der Waals surface area contributed by atoms with Crippen molar-refractivity contribution in [2.45, 2.75) is 13.8 Å². The molecule has 0 fully saturated rings. The molecule has 0 unspecified atom stereocenters.